The van der Waals surface area contributed by atoms with Crippen molar-refractivity contribution in [3.05, 3.63) is 50.7 Å². The molecule has 1 aromatic heterocycles. The number of aromatic nitrogens is 3. The van der Waals surface area contributed by atoms with Gasteiger partial charge in [0.25, 0.3) is 5.56 Å². The molecule has 0 aliphatic rings. The number of hydrogen-bond acceptors (Lipinski definition) is 6. The Morgan fingerprint density at radius 1 is 1.24 bits per heavy atom. The molecule has 0 aliphatic heterocycles. The molecule has 1 aromatic carbocycles. The largest absolute Gasteiger partial charge is 0.480 e. The van der Waals surface area contributed by atoms with Crippen LogP contribution in [0.3, 0.4) is 0 Å². The van der Waals surface area contributed by atoms with Crippen molar-refractivity contribution in [2.24, 2.45) is 7.05 Å². The van der Waals surface area contributed by atoms with Gasteiger partial charge in [-0.15, -0.1) is 16.9 Å². The summed E-state index contributed by atoms with van der Waals surface area (Å²) in [6.45, 7) is 6.21. The lowest BCUT2D eigenvalue weighted by molar-refractivity contribution is -0.138. The summed E-state index contributed by atoms with van der Waals surface area (Å²) in [5.74, 6) is -0.691. The minimum Gasteiger partial charge on any atom is -0.480 e. The molecule has 9 heteroatoms. The van der Waals surface area contributed by atoms with E-state index >= 15 is 0 Å². The van der Waals surface area contributed by atoms with Gasteiger partial charge in [0.15, 0.2) is 0 Å². The first kappa shape index (κ1) is 22.7. The fourth-order valence-corrected chi connectivity index (χ4v) is 3.59. The predicted octanol–water partition coefficient (Wildman–Crippen LogP) is 2.35. The van der Waals surface area contributed by atoms with Crippen LogP contribution >= 0.6 is 11.8 Å². The Labute approximate surface area is 174 Å². The smallest absolute Gasteiger partial charge is 0.347 e. The third-order valence-corrected chi connectivity index (χ3v) is 5.65. The Bertz CT molecular complexity index is 964. The van der Waals surface area contributed by atoms with Crippen molar-refractivity contribution in [3.63, 3.8) is 0 Å². The number of carbonyl (C=O) groups is 1. The fraction of sp³-hybridized carbons (Fsp3) is 0.500. The number of carboxylic acid groups (broad SMARTS) is 1. The van der Waals surface area contributed by atoms with Crippen molar-refractivity contribution >= 4 is 23.5 Å². The molecule has 0 fully saturated rings. The number of aliphatic carboxylic acids is 1. The van der Waals surface area contributed by atoms with Crippen molar-refractivity contribution < 1.29 is 9.90 Å². The zero-order valence-corrected chi connectivity index (χ0v) is 18.1. The van der Waals surface area contributed by atoms with Gasteiger partial charge in [0, 0.05) is 25.0 Å². The summed E-state index contributed by atoms with van der Waals surface area (Å²) < 4.78 is 1.50. The third-order valence-electron chi connectivity index (χ3n) is 4.46. The Hall–Kier alpha value is -2.55. The van der Waals surface area contributed by atoms with E-state index in [9.17, 15) is 19.5 Å². The lowest BCUT2D eigenvalue weighted by atomic mass is 10.1. The van der Waals surface area contributed by atoms with Gasteiger partial charge in [-0.1, -0.05) is 25.5 Å². The SMILES string of the molecule is CCCCn1c(=O)c(NCCc2ccc(SC(C)(C)C(=O)O)cc2)nn(C)c1=O. The number of nitrogens with zero attached hydrogens (tertiary/aromatic N) is 3. The van der Waals surface area contributed by atoms with Gasteiger partial charge < -0.3 is 10.4 Å². The van der Waals surface area contributed by atoms with Gasteiger partial charge in [-0.3, -0.25) is 14.2 Å². The average molecular weight is 421 g/mol. The molecule has 0 atom stereocenters. The van der Waals surface area contributed by atoms with Gasteiger partial charge in [-0.05, 0) is 44.4 Å². The Balaban J connectivity index is 2.01. The Kier molecular flexibility index (Phi) is 7.66. The van der Waals surface area contributed by atoms with Crippen LogP contribution in [0.1, 0.15) is 39.2 Å². The van der Waals surface area contributed by atoms with Crippen molar-refractivity contribution in [1.29, 1.82) is 0 Å². The molecule has 0 bridgehead atoms. The monoisotopic (exact) mass is 420 g/mol. The van der Waals surface area contributed by atoms with Crippen LogP contribution in [-0.4, -0.2) is 36.7 Å². The quantitative estimate of drug-likeness (QED) is 0.568. The first-order valence-corrected chi connectivity index (χ1v) is 10.4. The second kappa shape index (κ2) is 9.78. The summed E-state index contributed by atoms with van der Waals surface area (Å²) >= 11 is 1.29. The van der Waals surface area contributed by atoms with E-state index in [1.54, 1.807) is 13.8 Å². The van der Waals surface area contributed by atoms with E-state index in [1.165, 1.54) is 28.1 Å². The number of nitrogens with one attached hydrogen (secondary N) is 1. The van der Waals surface area contributed by atoms with Crippen molar-refractivity contribution in [1.82, 2.24) is 14.3 Å². The molecule has 0 aliphatic carbocycles. The summed E-state index contributed by atoms with van der Waals surface area (Å²) in [4.78, 5) is 36.7. The van der Waals surface area contributed by atoms with E-state index in [-0.39, 0.29) is 5.82 Å². The first-order chi connectivity index (χ1) is 13.7. The van der Waals surface area contributed by atoms with E-state index in [0.29, 0.717) is 19.5 Å². The molecule has 0 saturated carbocycles. The molecule has 2 rings (SSSR count). The van der Waals surface area contributed by atoms with Gasteiger partial charge in [0.2, 0.25) is 5.82 Å². The average Bonchev–Trinajstić information content (AvgIpc) is 2.67. The molecule has 0 spiro atoms. The molecule has 158 valence electrons. The number of aryl methyl sites for hydroxylation is 1. The summed E-state index contributed by atoms with van der Waals surface area (Å²) in [7, 11) is 1.53. The van der Waals surface area contributed by atoms with Gasteiger partial charge >= 0.3 is 11.7 Å². The highest BCUT2D eigenvalue weighted by atomic mass is 32.2. The molecular weight excluding hydrogens is 392 g/mol. The van der Waals surface area contributed by atoms with Crippen molar-refractivity contribution in [2.75, 3.05) is 11.9 Å². The molecule has 29 heavy (non-hydrogen) atoms. The Morgan fingerprint density at radius 3 is 2.48 bits per heavy atom. The molecule has 0 radical (unpaired) electrons. The summed E-state index contributed by atoms with van der Waals surface area (Å²) in [5.41, 5.74) is 0.238. The van der Waals surface area contributed by atoms with Crippen LogP contribution in [0.4, 0.5) is 5.82 Å². The van der Waals surface area contributed by atoms with Crippen LogP contribution in [0.15, 0.2) is 38.8 Å². The second-order valence-corrected chi connectivity index (χ2v) is 9.00. The maximum absolute atomic E-state index is 12.5. The molecular formula is C20H28N4O4S. The number of carboxylic acids is 1. The lowest BCUT2D eigenvalue weighted by Gasteiger charge is -2.18. The molecule has 0 saturated heterocycles. The lowest BCUT2D eigenvalue weighted by Crippen LogP contribution is -2.42. The van der Waals surface area contributed by atoms with Crippen LogP contribution in [0.5, 0.6) is 0 Å². The number of anilines is 1. The van der Waals surface area contributed by atoms with Gasteiger partial charge in [0.05, 0.1) is 0 Å². The summed E-state index contributed by atoms with van der Waals surface area (Å²) in [6.07, 6.45) is 2.30. The topological polar surface area (TPSA) is 106 Å². The van der Waals surface area contributed by atoms with Crippen molar-refractivity contribution in [3.8, 4) is 0 Å². The highest BCUT2D eigenvalue weighted by Crippen LogP contribution is 2.32. The molecule has 0 unspecified atom stereocenters. The minimum atomic E-state index is -0.893. The maximum atomic E-state index is 12.5. The zero-order chi connectivity index (χ0) is 21.6. The van der Waals surface area contributed by atoms with Crippen molar-refractivity contribution in [2.45, 2.75) is 56.2 Å². The van der Waals surface area contributed by atoms with Crippen LogP contribution in [0.2, 0.25) is 0 Å². The maximum Gasteiger partial charge on any atom is 0.347 e. The molecule has 0 amide bonds. The second-order valence-electron chi connectivity index (χ2n) is 7.30. The Morgan fingerprint density at radius 2 is 1.90 bits per heavy atom. The number of benzene rings is 1. The number of unbranched alkanes of at least 4 members (excludes halogenated alkanes) is 1. The van der Waals surface area contributed by atoms with Crippen LogP contribution < -0.4 is 16.6 Å². The highest BCUT2D eigenvalue weighted by Gasteiger charge is 2.28. The third kappa shape index (κ3) is 5.96. The predicted molar refractivity (Wildman–Crippen MR) is 115 cm³/mol. The van der Waals surface area contributed by atoms with E-state index in [0.717, 1.165) is 23.3 Å². The molecule has 1 heterocycles. The van der Waals surface area contributed by atoms with Crippen LogP contribution in [0, 0.1) is 0 Å². The van der Waals surface area contributed by atoms with Gasteiger partial charge in [-0.2, -0.15) is 0 Å². The van der Waals surface area contributed by atoms with E-state index in [2.05, 4.69) is 10.4 Å². The molecule has 8 nitrogen and oxygen atoms in total. The fourth-order valence-electron chi connectivity index (χ4n) is 2.64. The van der Waals surface area contributed by atoms with E-state index < -0.39 is 22.0 Å². The van der Waals surface area contributed by atoms with Gasteiger partial charge in [0.1, 0.15) is 4.75 Å². The van der Waals surface area contributed by atoms with Gasteiger partial charge in [-0.25, -0.2) is 9.48 Å². The zero-order valence-electron chi connectivity index (χ0n) is 17.3. The molecule has 2 N–H and O–H groups in total. The first-order valence-electron chi connectivity index (χ1n) is 9.59. The summed E-state index contributed by atoms with van der Waals surface area (Å²) in [5, 5.41) is 16.3. The van der Waals surface area contributed by atoms with E-state index in [4.69, 9.17) is 0 Å². The minimum absolute atomic E-state index is 0.165. The van der Waals surface area contributed by atoms with Crippen LogP contribution in [0.25, 0.3) is 0 Å². The highest BCUT2D eigenvalue weighted by molar-refractivity contribution is 8.01. The molecule has 2 aromatic rings. The number of rotatable bonds is 10. The van der Waals surface area contributed by atoms with Crippen LogP contribution in [-0.2, 0) is 24.8 Å². The summed E-state index contributed by atoms with van der Waals surface area (Å²) in [6, 6.07) is 7.67. The standard InChI is InChI=1S/C20H28N4O4S/c1-5-6-13-24-17(25)16(22-23(4)19(24)28)21-12-11-14-7-9-15(10-8-14)29-20(2,3)18(26)27/h7-10H,5-6,11-13H2,1-4H3,(H,21,22)(H,26,27). The van der Waals surface area contributed by atoms with E-state index in [1.807, 2.05) is 31.2 Å². The number of thioether (sulfide) groups is 1. The number of hydrogen-bond donors (Lipinski definition) is 2. The normalized spacial score (nSPS) is 11.4.